The van der Waals surface area contributed by atoms with Gasteiger partial charge in [0.15, 0.2) is 0 Å². The van der Waals surface area contributed by atoms with Crippen molar-refractivity contribution in [2.24, 2.45) is 17.6 Å². The van der Waals surface area contributed by atoms with Gasteiger partial charge in [0, 0.05) is 19.1 Å². The van der Waals surface area contributed by atoms with Gasteiger partial charge in [-0.15, -0.1) is 0 Å². The Labute approximate surface area is 113 Å². The number of hydrogen-bond acceptors (Lipinski definition) is 2. The van der Waals surface area contributed by atoms with Gasteiger partial charge in [0.05, 0.1) is 0 Å². The molecule has 2 nitrogen and oxygen atoms in total. The van der Waals surface area contributed by atoms with Crippen molar-refractivity contribution < 1.29 is 0 Å². The lowest BCUT2D eigenvalue weighted by Crippen LogP contribution is -2.45. The average molecular weight is 252 g/mol. The van der Waals surface area contributed by atoms with Crippen molar-refractivity contribution in [3.63, 3.8) is 0 Å². The molecular formula is C16H32N2. The zero-order valence-electron chi connectivity index (χ0n) is 12.2. The molecule has 2 fully saturated rings. The van der Waals surface area contributed by atoms with Gasteiger partial charge in [-0.2, -0.15) is 0 Å². The summed E-state index contributed by atoms with van der Waals surface area (Å²) in [5.74, 6) is 1.72. The van der Waals surface area contributed by atoms with Crippen LogP contribution in [0.4, 0.5) is 0 Å². The van der Waals surface area contributed by atoms with Crippen LogP contribution in [0, 0.1) is 11.8 Å². The van der Waals surface area contributed by atoms with Crippen molar-refractivity contribution in [3.05, 3.63) is 0 Å². The molecule has 0 amide bonds. The minimum Gasteiger partial charge on any atom is -0.330 e. The van der Waals surface area contributed by atoms with Crippen molar-refractivity contribution in [3.8, 4) is 0 Å². The van der Waals surface area contributed by atoms with Crippen LogP contribution in [0.2, 0.25) is 0 Å². The molecule has 1 aliphatic heterocycles. The second-order valence-corrected chi connectivity index (χ2v) is 6.69. The van der Waals surface area contributed by atoms with Crippen LogP contribution in [0.25, 0.3) is 0 Å². The first-order valence-electron chi connectivity index (χ1n) is 8.23. The Kier molecular flexibility index (Phi) is 5.97. The highest BCUT2D eigenvalue weighted by molar-refractivity contribution is 4.81. The first-order chi connectivity index (χ1) is 8.79. The molecule has 0 aromatic heterocycles. The third-order valence-electron chi connectivity index (χ3n) is 5.16. The Morgan fingerprint density at radius 3 is 2.22 bits per heavy atom. The summed E-state index contributed by atoms with van der Waals surface area (Å²) in [6.45, 7) is 5.90. The highest BCUT2D eigenvalue weighted by Crippen LogP contribution is 2.27. The van der Waals surface area contributed by atoms with E-state index < -0.39 is 0 Å². The van der Waals surface area contributed by atoms with Gasteiger partial charge in [-0.1, -0.05) is 32.1 Å². The van der Waals surface area contributed by atoms with Gasteiger partial charge in [0.25, 0.3) is 0 Å². The molecule has 2 atom stereocenters. The molecule has 2 aliphatic rings. The SMILES string of the molecule is CC1CCC(CN)CN1CC1CCCCCCC1. The van der Waals surface area contributed by atoms with Gasteiger partial charge in [-0.05, 0) is 51.0 Å². The normalized spacial score (nSPS) is 33.0. The Balaban J connectivity index is 1.81. The van der Waals surface area contributed by atoms with E-state index in [-0.39, 0.29) is 0 Å². The second kappa shape index (κ2) is 7.49. The highest BCUT2D eigenvalue weighted by Gasteiger charge is 2.26. The maximum atomic E-state index is 5.86. The summed E-state index contributed by atoms with van der Waals surface area (Å²) < 4.78 is 0. The molecule has 0 spiro atoms. The molecule has 1 heterocycles. The van der Waals surface area contributed by atoms with Crippen LogP contribution >= 0.6 is 0 Å². The molecule has 0 bridgehead atoms. The van der Waals surface area contributed by atoms with E-state index in [4.69, 9.17) is 5.73 Å². The third kappa shape index (κ3) is 4.24. The lowest BCUT2D eigenvalue weighted by Gasteiger charge is -2.40. The summed E-state index contributed by atoms with van der Waals surface area (Å²) in [6, 6.07) is 0.790. The Morgan fingerprint density at radius 2 is 1.56 bits per heavy atom. The average Bonchev–Trinajstić information content (AvgIpc) is 2.35. The van der Waals surface area contributed by atoms with Crippen LogP contribution in [0.1, 0.15) is 64.7 Å². The number of rotatable bonds is 3. The van der Waals surface area contributed by atoms with Crippen molar-refractivity contribution in [2.75, 3.05) is 19.6 Å². The molecule has 2 N–H and O–H groups in total. The molecule has 0 aromatic carbocycles. The Bertz CT molecular complexity index is 221. The number of likely N-dealkylation sites (tertiary alicyclic amines) is 1. The number of hydrogen-bond donors (Lipinski definition) is 1. The van der Waals surface area contributed by atoms with Gasteiger partial charge >= 0.3 is 0 Å². The van der Waals surface area contributed by atoms with E-state index in [1.165, 1.54) is 70.9 Å². The smallest absolute Gasteiger partial charge is 0.00672 e. The minimum absolute atomic E-state index is 0.759. The van der Waals surface area contributed by atoms with E-state index in [9.17, 15) is 0 Å². The molecule has 2 heteroatoms. The number of nitrogens with zero attached hydrogens (tertiary/aromatic N) is 1. The summed E-state index contributed by atoms with van der Waals surface area (Å²) in [5, 5.41) is 0. The molecular weight excluding hydrogens is 220 g/mol. The van der Waals surface area contributed by atoms with E-state index in [0.717, 1.165) is 24.4 Å². The summed E-state index contributed by atoms with van der Waals surface area (Å²) in [7, 11) is 0. The summed E-state index contributed by atoms with van der Waals surface area (Å²) in [4.78, 5) is 2.74. The maximum Gasteiger partial charge on any atom is 0.00672 e. The predicted octanol–water partition coefficient (Wildman–Crippen LogP) is 3.41. The van der Waals surface area contributed by atoms with Gasteiger partial charge < -0.3 is 10.6 Å². The van der Waals surface area contributed by atoms with Crippen molar-refractivity contribution in [2.45, 2.75) is 70.8 Å². The van der Waals surface area contributed by atoms with Crippen LogP contribution in [0.3, 0.4) is 0 Å². The largest absolute Gasteiger partial charge is 0.330 e. The van der Waals surface area contributed by atoms with E-state index >= 15 is 0 Å². The molecule has 1 saturated heterocycles. The predicted molar refractivity (Wildman–Crippen MR) is 78.6 cm³/mol. The Morgan fingerprint density at radius 1 is 0.889 bits per heavy atom. The second-order valence-electron chi connectivity index (χ2n) is 6.69. The highest BCUT2D eigenvalue weighted by atomic mass is 15.2. The van der Waals surface area contributed by atoms with E-state index in [1.54, 1.807) is 0 Å². The van der Waals surface area contributed by atoms with Gasteiger partial charge in [0.1, 0.15) is 0 Å². The van der Waals surface area contributed by atoms with Crippen LogP contribution < -0.4 is 5.73 Å². The van der Waals surface area contributed by atoms with E-state index in [2.05, 4.69) is 11.8 Å². The molecule has 0 aromatic rings. The van der Waals surface area contributed by atoms with Crippen LogP contribution in [-0.4, -0.2) is 30.6 Å². The fourth-order valence-electron chi connectivity index (χ4n) is 3.76. The number of piperidine rings is 1. The van der Waals surface area contributed by atoms with E-state index in [1.807, 2.05) is 0 Å². The van der Waals surface area contributed by atoms with Gasteiger partial charge in [-0.25, -0.2) is 0 Å². The molecule has 18 heavy (non-hydrogen) atoms. The molecule has 0 radical (unpaired) electrons. The fraction of sp³-hybridized carbons (Fsp3) is 1.00. The van der Waals surface area contributed by atoms with Crippen LogP contribution in [-0.2, 0) is 0 Å². The third-order valence-corrected chi connectivity index (χ3v) is 5.16. The zero-order valence-corrected chi connectivity index (χ0v) is 12.2. The standard InChI is InChI=1S/C16H32N2/c1-14-9-10-16(11-17)13-18(14)12-15-7-5-3-2-4-6-8-15/h14-16H,2-13,17H2,1H3. The summed E-state index contributed by atoms with van der Waals surface area (Å²) in [6.07, 6.45) is 13.0. The molecule has 1 saturated carbocycles. The van der Waals surface area contributed by atoms with Crippen molar-refractivity contribution in [1.82, 2.24) is 4.90 Å². The van der Waals surface area contributed by atoms with Gasteiger partial charge in [0.2, 0.25) is 0 Å². The van der Waals surface area contributed by atoms with Gasteiger partial charge in [-0.3, -0.25) is 0 Å². The summed E-state index contributed by atoms with van der Waals surface area (Å²) in [5.41, 5.74) is 5.86. The van der Waals surface area contributed by atoms with E-state index in [0.29, 0.717) is 0 Å². The van der Waals surface area contributed by atoms with Crippen LogP contribution in [0.15, 0.2) is 0 Å². The molecule has 2 unspecified atom stereocenters. The molecule has 2 rings (SSSR count). The maximum absolute atomic E-state index is 5.86. The lowest BCUT2D eigenvalue weighted by atomic mass is 9.88. The lowest BCUT2D eigenvalue weighted by molar-refractivity contribution is 0.0949. The van der Waals surface area contributed by atoms with Crippen molar-refractivity contribution >= 4 is 0 Å². The monoisotopic (exact) mass is 252 g/mol. The topological polar surface area (TPSA) is 29.3 Å². The Hall–Kier alpha value is -0.0800. The molecule has 1 aliphatic carbocycles. The number of nitrogens with two attached hydrogens (primary N) is 1. The quantitative estimate of drug-likeness (QED) is 0.834. The fourth-order valence-corrected chi connectivity index (χ4v) is 3.76. The van der Waals surface area contributed by atoms with Crippen LogP contribution in [0.5, 0.6) is 0 Å². The first-order valence-corrected chi connectivity index (χ1v) is 8.23. The van der Waals surface area contributed by atoms with Crippen molar-refractivity contribution in [1.29, 1.82) is 0 Å². The summed E-state index contributed by atoms with van der Waals surface area (Å²) >= 11 is 0. The minimum atomic E-state index is 0.759. The zero-order chi connectivity index (χ0) is 12.8. The first kappa shape index (κ1) is 14.3. The molecule has 106 valence electrons.